The number of benzene rings is 3. The fourth-order valence-corrected chi connectivity index (χ4v) is 3.80. The lowest BCUT2D eigenvalue weighted by molar-refractivity contribution is 0.0475. The second-order valence-corrected chi connectivity index (χ2v) is 8.86. The van der Waals surface area contributed by atoms with Crippen LogP contribution in [0.15, 0.2) is 76.1 Å². The molecule has 0 heterocycles. The van der Waals surface area contributed by atoms with E-state index in [1.54, 1.807) is 24.3 Å². The summed E-state index contributed by atoms with van der Waals surface area (Å²) in [7, 11) is -4.16. The molecule has 0 amide bonds. The van der Waals surface area contributed by atoms with E-state index in [0.717, 1.165) is 10.5 Å². The Kier molecular flexibility index (Phi) is 6.81. The summed E-state index contributed by atoms with van der Waals surface area (Å²) in [6.07, 6.45) is 0. The van der Waals surface area contributed by atoms with Gasteiger partial charge in [-0.1, -0.05) is 28.1 Å². The molecular formula is C21H14BrF2NO5S. The molecule has 0 saturated heterocycles. The number of ketones is 1. The van der Waals surface area contributed by atoms with Gasteiger partial charge in [0.05, 0.1) is 10.5 Å². The van der Waals surface area contributed by atoms with Crippen LogP contribution in [0.25, 0.3) is 0 Å². The molecule has 31 heavy (non-hydrogen) atoms. The fourth-order valence-electron chi connectivity index (χ4n) is 2.47. The van der Waals surface area contributed by atoms with Gasteiger partial charge in [-0.3, -0.25) is 9.52 Å². The number of hydrogen-bond acceptors (Lipinski definition) is 5. The van der Waals surface area contributed by atoms with Crippen molar-refractivity contribution in [3.05, 3.63) is 94.0 Å². The van der Waals surface area contributed by atoms with E-state index in [1.165, 1.54) is 24.3 Å². The first-order valence-corrected chi connectivity index (χ1v) is 11.0. The summed E-state index contributed by atoms with van der Waals surface area (Å²) in [5, 5.41) is 0. The summed E-state index contributed by atoms with van der Waals surface area (Å²) in [4.78, 5) is 23.7. The summed E-state index contributed by atoms with van der Waals surface area (Å²) >= 11 is 3.26. The molecule has 0 aliphatic rings. The molecule has 0 atom stereocenters. The number of carbonyl (C=O) groups is 2. The minimum atomic E-state index is -4.16. The van der Waals surface area contributed by atoms with E-state index in [9.17, 15) is 26.8 Å². The van der Waals surface area contributed by atoms with Crippen molar-refractivity contribution in [2.45, 2.75) is 4.90 Å². The SMILES string of the molecule is O=C(COC(=O)c1ccc(NS(=O)(=O)c2ccc(F)c(F)c2)cc1)c1ccc(Br)cc1. The minimum absolute atomic E-state index is 0.0900. The average molecular weight is 510 g/mol. The fraction of sp³-hybridized carbons (Fsp3) is 0.0476. The minimum Gasteiger partial charge on any atom is -0.454 e. The Morgan fingerprint density at radius 2 is 1.48 bits per heavy atom. The van der Waals surface area contributed by atoms with Gasteiger partial charge in [-0.15, -0.1) is 0 Å². The van der Waals surface area contributed by atoms with Crippen molar-refractivity contribution in [3.63, 3.8) is 0 Å². The molecule has 6 nitrogen and oxygen atoms in total. The van der Waals surface area contributed by atoms with E-state index in [2.05, 4.69) is 20.7 Å². The van der Waals surface area contributed by atoms with Crippen LogP contribution in [0, 0.1) is 11.6 Å². The zero-order chi connectivity index (χ0) is 22.6. The predicted molar refractivity (Wildman–Crippen MR) is 112 cm³/mol. The number of sulfonamides is 1. The molecule has 0 bridgehead atoms. The molecule has 0 spiro atoms. The Balaban J connectivity index is 1.62. The van der Waals surface area contributed by atoms with E-state index in [-0.39, 0.29) is 17.0 Å². The van der Waals surface area contributed by atoms with Gasteiger partial charge in [-0.2, -0.15) is 0 Å². The van der Waals surface area contributed by atoms with Crippen LogP contribution in [-0.4, -0.2) is 26.8 Å². The summed E-state index contributed by atoms with van der Waals surface area (Å²) in [6, 6.07) is 14.0. The van der Waals surface area contributed by atoms with Crippen molar-refractivity contribution in [2.24, 2.45) is 0 Å². The van der Waals surface area contributed by atoms with Crippen molar-refractivity contribution >= 4 is 43.4 Å². The number of halogens is 3. The first-order chi connectivity index (χ1) is 14.7. The lowest BCUT2D eigenvalue weighted by Crippen LogP contribution is -2.15. The number of esters is 1. The van der Waals surface area contributed by atoms with Crippen LogP contribution >= 0.6 is 15.9 Å². The third-order valence-electron chi connectivity index (χ3n) is 4.07. The maximum atomic E-state index is 13.3. The van der Waals surface area contributed by atoms with Crippen molar-refractivity contribution in [1.82, 2.24) is 0 Å². The van der Waals surface area contributed by atoms with Gasteiger partial charge in [0, 0.05) is 15.7 Å². The van der Waals surface area contributed by atoms with Crippen LogP contribution in [0.3, 0.4) is 0 Å². The van der Waals surface area contributed by atoms with E-state index in [4.69, 9.17) is 4.74 Å². The summed E-state index contributed by atoms with van der Waals surface area (Å²) in [6.45, 7) is -0.453. The Morgan fingerprint density at radius 1 is 0.871 bits per heavy atom. The van der Waals surface area contributed by atoms with Gasteiger partial charge in [-0.25, -0.2) is 22.0 Å². The molecule has 3 rings (SSSR count). The van der Waals surface area contributed by atoms with Crippen molar-refractivity contribution in [1.29, 1.82) is 0 Å². The largest absolute Gasteiger partial charge is 0.454 e. The van der Waals surface area contributed by atoms with Crippen LogP contribution in [0.4, 0.5) is 14.5 Å². The van der Waals surface area contributed by atoms with Gasteiger partial charge in [0.25, 0.3) is 10.0 Å². The van der Waals surface area contributed by atoms with Crippen molar-refractivity contribution < 1.29 is 31.5 Å². The third kappa shape index (κ3) is 5.74. The molecule has 0 aliphatic heterocycles. The maximum absolute atomic E-state index is 13.3. The Hall–Kier alpha value is -3.11. The van der Waals surface area contributed by atoms with Gasteiger partial charge in [-0.05, 0) is 54.6 Å². The molecule has 3 aromatic carbocycles. The van der Waals surface area contributed by atoms with E-state index >= 15 is 0 Å². The monoisotopic (exact) mass is 509 g/mol. The van der Waals surface area contributed by atoms with Gasteiger partial charge in [0.15, 0.2) is 24.0 Å². The molecule has 160 valence electrons. The first kappa shape index (κ1) is 22.6. The highest BCUT2D eigenvalue weighted by atomic mass is 79.9. The summed E-state index contributed by atoms with van der Waals surface area (Å²) in [5.41, 5.74) is 0.574. The number of carbonyl (C=O) groups excluding carboxylic acids is 2. The van der Waals surface area contributed by atoms with Crippen molar-refractivity contribution in [2.75, 3.05) is 11.3 Å². The number of anilines is 1. The van der Waals surface area contributed by atoms with Crippen LogP contribution in [0.1, 0.15) is 20.7 Å². The molecule has 0 fully saturated rings. The summed E-state index contributed by atoms with van der Waals surface area (Å²) < 4.78 is 58.9. The second-order valence-electron chi connectivity index (χ2n) is 6.26. The molecule has 10 heteroatoms. The van der Waals surface area contributed by atoms with Crippen LogP contribution in [-0.2, 0) is 14.8 Å². The number of nitrogens with one attached hydrogen (secondary N) is 1. The van der Waals surface area contributed by atoms with Crippen LogP contribution in [0.5, 0.6) is 0 Å². The Morgan fingerprint density at radius 3 is 2.10 bits per heavy atom. The lowest BCUT2D eigenvalue weighted by Gasteiger charge is -2.09. The highest BCUT2D eigenvalue weighted by molar-refractivity contribution is 9.10. The Bertz CT molecular complexity index is 1230. The normalized spacial score (nSPS) is 11.1. The number of hydrogen-bond donors (Lipinski definition) is 1. The lowest BCUT2D eigenvalue weighted by atomic mass is 10.1. The predicted octanol–water partition coefficient (Wildman–Crippen LogP) is 4.57. The second kappa shape index (κ2) is 9.36. The average Bonchev–Trinajstić information content (AvgIpc) is 2.74. The van der Waals surface area contributed by atoms with Crippen LogP contribution < -0.4 is 4.72 Å². The molecule has 0 unspecified atom stereocenters. The zero-order valence-electron chi connectivity index (χ0n) is 15.6. The molecule has 0 radical (unpaired) electrons. The van der Waals surface area contributed by atoms with Crippen LogP contribution in [0.2, 0.25) is 0 Å². The topological polar surface area (TPSA) is 89.5 Å². The number of ether oxygens (including phenoxy) is 1. The number of Topliss-reactive ketones (excluding diaryl/α,β-unsaturated/α-hetero) is 1. The van der Waals surface area contributed by atoms with Gasteiger partial charge < -0.3 is 4.74 Å². The Labute approximate surface area is 185 Å². The summed E-state index contributed by atoms with van der Waals surface area (Å²) in [5.74, 6) is -3.60. The van der Waals surface area contributed by atoms with E-state index in [0.29, 0.717) is 17.7 Å². The molecule has 0 aromatic heterocycles. The van der Waals surface area contributed by atoms with Crippen molar-refractivity contribution in [3.8, 4) is 0 Å². The first-order valence-electron chi connectivity index (χ1n) is 8.69. The van der Waals surface area contributed by atoms with Gasteiger partial charge in [0.1, 0.15) is 0 Å². The molecule has 1 N–H and O–H groups in total. The molecule has 0 saturated carbocycles. The van der Waals surface area contributed by atoms with E-state index in [1.807, 2.05) is 0 Å². The highest BCUT2D eigenvalue weighted by Gasteiger charge is 2.17. The maximum Gasteiger partial charge on any atom is 0.338 e. The quantitative estimate of drug-likeness (QED) is 0.372. The third-order valence-corrected chi connectivity index (χ3v) is 5.98. The highest BCUT2D eigenvalue weighted by Crippen LogP contribution is 2.19. The zero-order valence-corrected chi connectivity index (χ0v) is 18.0. The standard InChI is InChI=1S/C21H14BrF2NO5S/c22-15-5-1-13(2-6-15)20(26)12-30-21(27)14-3-7-16(8-4-14)25-31(28,29)17-9-10-18(23)19(24)11-17/h1-11,25H,12H2. The van der Waals surface area contributed by atoms with E-state index < -0.39 is 39.1 Å². The smallest absolute Gasteiger partial charge is 0.338 e. The molecule has 3 aromatic rings. The van der Waals surface area contributed by atoms with Gasteiger partial charge in [0.2, 0.25) is 0 Å². The van der Waals surface area contributed by atoms with Gasteiger partial charge >= 0.3 is 5.97 Å². The molecular weight excluding hydrogens is 496 g/mol. The number of rotatable bonds is 7. The molecule has 0 aliphatic carbocycles.